The van der Waals surface area contributed by atoms with Gasteiger partial charge in [-0.05, 0) is 41.5 Å². The third-order valence-corrected chi connectivity index (χ3v) is 4.67. The molecule has 0 unspecified atom stereocenters. The molecule has 4 rings (SSSR count). The number of carbonyl (C=O) groups is 3. The minimum absolute atomic E-state index is 0.148. The van der Waals surface area contributed by atoms with E-state index in [-0.39, 0.29) is 37.1 Å². The van der Waals surface area contributed by atoms with Crippen LogP contribution in [-0.4, -0.2) is 32.8 Å². The molecule has 7 nitrogen and oxygen atoms in total. The van der Waals surface area contributed by atoms with Crippen molar-refractivity contribution in [1.29, 1.82) is 0 Å². The van der Waals surface area contributed by atoms with Gasteiger partial charge in [-0.15, -0.1) is 0 Å². The number of benzene rings is 2. The van der Waals surface area contributed by atoms with Gasteiger partial charge in [0.25, 0.3) is 5.91 Å². The molecule has 0 saturated carbocycles. The van der Waals surface area contributed by atoms with Crippen LogP contribution in [0.25, 0.3) is 11.3 Å². The number of carbonyl (C=O) groups excluding carboxylic acids is 3. The second-order valence-electron chi connectivity index (χ2n) is 6.57. The van der Waals surface area contributed by atoms with E-state index < -0.39 is 0 Å². The lowest BCUT2D eigenvalue weighted by Crippen LogP contribution is -2.28. The Labute approximate surface area is 161 Å². The predicted octanol–water partition coefficient (Wildman–Crippen LogP) is 2.98. The van der Waals surface area contributed by atoms with Crippen molar-refractivity contribution in [2.45, 2.75) is 19.4 Å². The Bertz CT molecular complexity index is 993. The third kappa shape index (κ3) is 3.68. The van der Waals surface area contributed by atoms with E-state index in [0.717, 1.165) is 16.8 Å². The number of aromatic amines is 1. The standard InChI is InChI=1S/C21H18N4O3/c26-19-9-10-20(27)25(19)13-14-1-3-16(4-2-14)21(28)23-17-7-5-15(6-8-17)18-11-12-22-24-18/h1-8,11-12H,9-10,13H2,(H,22,24)(H,23,28). The van der Waals surface area contributed by atoms with Crippen molar-refractivity contribution in [3.8, 4) is 11.3 Å². The lowest BCUT2D eigenvalue weighted by molar-refractivity contribution is -0.139. The Kier molecular flexibility index (Phi) is 4.72. The fourth-order valence-corrected chi connectivity index (χ4v) is 3.10. The molecule has 2 aromatic carbocycles. The summed E-state index contributed by atoms with van der Waals surface area (Å²) in [6, 6.07) is 16.2. The maximum absolute atomic E-state index is 12.4. The van der Waals surface area contributed by atoms with Crippen LogP contribution in [0, 0.1) is 0 Å². The van der Waals surface area contributed by atoms with Crippen molar-refractivity contribution >= 4 is 23.4 Å². The number of rotatable bonds is 5. The van der Waals surface area contributed by atoms with Gasteiger partial charge in [0.1, 0.15) is 0 Å². The van der Waals surface area contributed by atoms with Crippen molar-refractivity contribution < 1.29 is 14.4 Å². The number of anilines is 1. The third-order valence-electron chi connectivity index (χ3n) is 4.67. The molecule has 1 aromatic heterocycles. The first-order valence-electron chi connectivity index (χ1n) is 8.93. The molecule has 2 N–H and O–H groups in total. The van der Waals surface area contributed by atoms with Gasteiger partial charge < -0.3 is 5.32 Å². The molecule has 2 heterocycles. The molecule has 0 aliphatic carbocycles. The van der Waals surface area contributed by atoms with Crippen LogP contribution in [0.2, 0.25) is 0 Å². The minimum atomic E-state index is -0.228. The van der Waals surface area contributed by atoms with Gasteiger partial charge in [-0.3, -0.25) is 24.4 Å². The van der Waals surface area contributed by atoms with Crippen molar-refractivity contribution in [3.63, 3.8) is 0 Å². The topological polar surface area (TPSA) is 95.2 Å². The van der Waals surface area contributed by atoms with Crippen LogP contribution < -0.4 is 5.32 Å². The van der Waals surface area contributed by atoms with Gasteiger partial charge in [-0.2, -0.15) is 5.10 Å². The van der Waals surface area contributed by atoms with Crippen molar-refractivity contribution in [1.82, 2.24) is 15.1 Å². The van der Waals surface area contributed by atoms with Crippen LogP contribution >= 0.6 is 0 Å². The van der Waals surface area contributed by atoms with Crippen LogP contribution in [0.4, 0.5) is 5.69 Å². The van der Waals surface area contributed by atoms with E-state index in [2.05, 4.69) is 15.5 Å². The maximum atomic E-state index is 12.4. The Morgan fingerprint density at radius 1 is 0.964 bits per heavy atom. The fraction of sp³-hybridized carbons (Fsp3) is 0.143. The molecule has 0 radical (unpaired) electrons. The van der Waals surface area contributed by atoms with E-state index in [4.69, 9.17) is 0 Å². The predicted molar refractivity (Wildman–Crippen MR) is 103 cm³/mol. The number of H-pyrrole nitrogens is 1. The number of likely N-dealkylation sites (tertiary alicyclic amines) is 1. The van der Waals surface area contributed by atoms with Crippen LogP contribution in [0.5, 0.6) is 0 Å². The summed E-state index contributed by atoms with van der Waals surface area (Å²) in [7, 11) is 0. The Hall–Kier alpha value is -3.74. The van der Waals surface area contributed by atoms with Crippen LogP contribution in [0.15, 0.2) is 60.8 Å². The normalized spacial score (nSPS) is 13.8. The minimum Gasteiger partial charge on any atom is -0.322 e. The molecule has 3 aromatic rings. The molecule has 0 spiro atoms. The highest BCUT2D eigenvalue weighted by atomic mass is 16.2. The van der Waals surface area contributed by atoms with E-state index in [1.165, 1.54) is 4.90 Å². The second kappa shape index (κ2) is 7.48. The number of amides is 3. The number of aromatic nitrogens is 2. The van der Waals surface area contributed by atoms with Crippen molar-refractivity contribution in [3.05, 3.63) is 71.9 Å². The molecule has 1 aliphatic heterocycles. The number of nitrogens with zero attached hydrogens (tertiary/aromatic N) is 2. The molecule has 3 amide bonds. The summed E-state index contributed by atoms with van der Waals surface area (Å²) >= 11 is 0. The van der Waals surface area contributed by atoms with E-state index >= 15 is 0 Å². The largest absolute Gasteiger partial charge is 0.322 e. The van der Waals surface area contributed by atoms with Gasteiger partial charge in [0.05, 0.1) is 12.2 Å². The van der Waals surface area contributed by atoms with Gasteiger partial charge in [0, 0.05) is 30.3 Å². The summed E-state index contributed by atoms with van der Waals surface area (Å²) in [6.07, 6.45) is 2.24. The average molecular weight is 374 g/mol. The maximum Gasteiger partial charge on any atom is 0.255 e. The average Bonchev–Trinajstić information content (AvgIpc) is 3.35. The van der Waals surface area contributed by atoms with Crippen LogP contribution in [0.3, 0.4) is 0 Å². The summed E-state index contributed by atoms with van der Waals surface area (Å²) < 4.78 is 0. The molecule has 7 heteroatoms. The molecule has 1 aliphatic rings. The first kappa shape index (κ1) is 17.7. The molecule has 0 bridgehead atoms. The zero-order valence-corrected chi connectivity index (χ0v) is 15.0. The zero-order valence-electron chi connectivity index (χ0n) is 15.0. The highest BCUT2D eigenvalue weighted by Gasteiger charge is 2.28. The van der Waals surface area contributed by atoms with E-state index in [1.807, 2.05) is 30.3 Å². The lowest BCUT2D eigenvalue weighted by Gasteiger charge is -2.14. The number of hydrogen-bond acceptors (Lipinski definition) is 4. The van der Waals surface area contributed by atoms with E-state index in [9.17, 15) is 14.4 Å². The van der Waals surface area contributed by atoms with Gasteiger partial charge in [0.2, 0.25) is 11.8 Å². The number of imide groups is 1. The quantitative estimate of drug-likeness (QED) is 0.671. The fourth-order valence-electron chi connectivity index (χ4n) is 3.10. The Balaban J connectivity index is 1.39. The van der Waals surface area contributed by atoms with Gasteiger partial charge >= 0.3 is 0 Å². The molecule has 1 saturated heterocycles. The first-order chi connectivity index (χ1) is 13.6. The van der Waals surface area contributed by atoms with Crippen LogP contribution in [-0.2, 0) is 16.1 Å². The number of nitrogens with one attached hydrogen (secondary N) is 2. The summed E-state index contributed by atoms with van der Waals surface area (Å²) in [5.74, 6) is -0.523. The van der Waals surface area contributed by atoms with Crippen molar-refractivity contribution in [2.75, 3.05) is 5.32 Å². The first-order valence-corrected chi connectivity index (χ1v) is 8.93. The van der Waals surface area contributed by atoms with Gasteiger partial charge in [-0.1, -0.05) is 24.3 Å². The zero-order chi connectivity index (χ0) is 19.5. The summed E-state index contributed by atoms with van der Waals surface area (Å²) in [5, 5.41) is 9.67. The van der Waals surface area contributed by atoms with Crippen molar-refractivity contribution in [2.24, 2.45) is 0 Å². The highest BCUT2D eigenvalue weighted by molar-refractivity contribution is 6.04. The number of hydrogen-bond donors (Lipinski definition) is 2. The van der Waals surface area contributed by atoms with E-state index in [0.29, 0.717) is 11.3 Å². The SMILES string of the molecule is O=C(Nc1ccc(-c2ccn[nH]2)cc1)c1ccc(CN2C(=O)CCC2=O)cc1. The Morgan fingerprint density at radius 3 is 2.25 bits per heavy atom. The smallest absolute Gasteiger partial charge is 0.255 e. The van der Waals surface area contributed by atoms with Gasteiger partial charge in [0.15, 0.2) is 0 Å². The van der Waals surface area contributed by atoms with Crippen LogP contribution in [0.1, 0.15) is 28.8 Å². The highest BCUT2D eigenvalue weighted by Crippen LogP contribution is 2.20. The molecular weight excluding hydrogens is 356 g/mol. The molecule has 1 fully saturated rings. The Morgan fingerprint density at radius 2 is 1.64 bits per heavy atom. The second-order valence-corrected chi connectivity index (χ2v) is 6.57. The summed E-state index contributed by atoms with van der Waals surface area (Å²) in [5.41, 5.74) is 3.88. The molecule has 140 valence electrons. The summed E-state index contributed by atoms with van der Waals surface area (Å²) in [6.45, 7) is 0.245. The van der Waals surface area contributed by atoms with E-state index in [1.54, 1.807) is 30.5 Å². The molecular formula is C21H18N4O3. The molecule has 0 atom stereocenters. The molecule has 28 heavy (non-hydrogen) atoms. The van der Waals surface area contributed by atoms with Gasteiger partial charge in [-0.25, -0.2) is 0 Å². The monoisotopic (exact) mass is 374 g/mol. The lowest BCUT2D eigenvalue weighted by atomic mass is 10.1. The summed E-state index contributed by atoms with van der Waals surface area (Å²) in [4.78, 5) is 37.1.